The molecule has 1 heterocycles. The SMILES string of the molecule is CC(C)(C)c1ccc(CC2CCc3ccccc3N2)cc1. The molecule has 2 aromatic rings. The van der Waals surface area contributed by atoms with Crippen LogP contribution >= 0.6 is 0 Å². The van der Waals surface area contributed by atoms with Gasteiger partial charge in [0.2, 0.25) is 0 Å². The van der Waals surface area contributed by atoms with Crippen molar-refractivity contribution in [3.8, 4) is 0 Å². The molecular weight excluding hydrogens is 254 g/mol. The largest absolute Gasteiger partial charge is 0.382 e. The highest BCUT2D eigenvalue weighted by Gasteiger charge is 2.18. The average Bonchev–Trinajstić information content (AvgIpc) is 2.47. The number of benzene rings is 2. The lowest BCUT2D eigenvalue weighted by Crippen LogP contribution is -2.27. The predicted octanol–water partition coefficient (Wildman–Crippen LogP) is 4.95. The molecule has 0 bridgehead atoms. The third-order valence-electron chi connectivity index (χ3n) is 4.44. The molecule has 1 aliphatic rings. The standard InChI is InChI=1S/C20H25N/c1-20(2,3)17-11-8-15(9-12-17)14-18-13-10-16-6-4-5-7-19(16)21-18/h4-9,11-12,18,21H,10,13-14H2,1-3H3. The molecular formula is C20H25N. The predicted molar refractivity (Wildman–Crippen MR) is 91.0 cm³/mol. The van der Waals surface area contributed by atoms with Gasteiger partial charge in [0.25, 0.3) is 0 Å². The number of aryl methyl sites for hydroxylation is 1. The first kappa shape index (κ1) is 14.2. The van der Waals surface area contributed by atoms with Crippen molar-refractivity contribution < 1.29 is 0 Å². The van der Waals surface area contributed by atoms with E-state index in [2.05, 4.69) is 74.6 Å². The van der Waals surface area contributed by atoms with Gasteiger partial charge in [-0.1, -0.05) is 63.2 Å². The Balaban J connectivity index is 1.68. The summed E-state index contributed by atoms with van der Waals surface area (Å²) < 4.78 is 0. The minimum Gasteiger partial charge on any atom is -0.382 e. The molecule has 1 nitrogen and oxygen atoms in total. The van der Waals surface area contributed by atoms with Crippen molar-refractivity contribution in [2.75, 3.05) is 5.32 Å². The van der Waals surface area contributed by atoms with E-state index in [0.717, 1.165) is 6.42 Å². The molecule has 0 fully saturated rings. The van der Waals surface area contributed by atoms with Crippen LogP contribution in [0.1, 0.15) is 43.9 Å². The van der Waals surface area contributed by atoms with E-state index in [9.17, 15) is 0 Å². The lowest BCUT2D eigenvalue weighted by molar-refractivity contribution is 0.589. The molecule has 2 aromatic carbocycles. The normalized spacial score (nSPS) is 18.0. The summed E-state index contributed by atoms with van der Waals surface area (Å²) in [7, 11) is 0. The van der Waals surface area contributed by atoms with Crippen molar-refractivity contribution in [3.63, 3.8) is 0 Å². The van der Waals surface area contributed by atoms with Gasteiger partial charge in [-0.2, -0.15) is 0 Å². The van der Waals surface area contributed by atoms with Gasteiger partial charge in [0, 0.05) is 11.7 Å². The van der Waals surface area contributed by atoms with Gasteiger partial charge < -0.3 is 5.32 Å². The zero-order valence-electron chi connectivity index (χ0n) is 13.3. The molecule has 0 aliphatic carbocycles. The number of fused-ring (bicyclic) bond motifs is 1. The van der Waals surface area contributed by atoms with Crippen LogP contribution in [0.25, 0.3) is 0 Å². The summed E-state index contributed by atoms with van der Waals surface area (Å²) in [4.78, 5) is 0. The summed E-state index contributed by atoms with van der Waals surface area (Å²) in [6.07, 6.45) is 3.52. The molecule has 1 unspecified atom stereocenters. The second-order valence-corrected chi connectivity index (χ2v) is 7.19. The fraction of sp³-hybridized carbons (Fsp3) is 0.400. The van der Waals surface area contributed by atoms with Crippen LogP contribution < -0.4 is 5.32 Å². The Morgan fingerprint density at radius 2 is 1.71 bits per heavy atom. The third-order valence-corrected chi connectivity index (χ3v) is 4.44. The molecule has 3 rings (SSSR count). The molecule has 110 valence electrons. The third kappa shape index (κ3) is 3.29. The topological polar surface area (TPSA) is 12.0 Å². The van der Waals surface area contributed by atoms with Crippen LogP contribution in [0.3, 0.4) is 0 Å². The fourth-order valence-corrected chi connectivity index (χ4v) is 3.08. The molecule has 21 heavy (non-hydrogen) atoms. The molecule has 0 spiro atoms. The molecule has 0 amide bonds. The van der Waals surface area contributed by atoms with Crippen LogP contribution in [-0.2, 0) is 18.3 Å². The van der Waals surface area contributed by atoms with E-state index < -0.39 is 0 Å². The lowest BCUT2D eigenvalue weighted by Gasteiger charge is -2.27. The average molecular weight is 279 g/mol. The molecule has 0 radical (unpaired) electrons. The highest BCUT2D eigenvalue weighted by Crippen LogP contribution is 2.27. The first-order chi connectivity index (χ1) is 10.0. The zero-order chi connectivity index (χ0) is 14.9. The van der Waals surface area contributed by atoms with Gasteiger partial charge in [-0.05, 0) is 47.4 Å². The summed E-state index contributed by atoms with van der Waals surface area (Å²) in [5.74, 6) is 0. The quantitative estimate of drug-likeness (QED) is 0.820. The maximum atomic E-state index is 3.69. The summed E-state index contributed by atoms with van der Waals surface area (Å²) in [5.41, 5.74) is 5.85. The number of anilines is 1. The van der Waals surface area contributed by atoms with Crippen molar-refractivity contribution in [1.82, 2.24) is 0 Å². The minimum absolute atomic E-state index is 0.237. The maximum Gasteiger partial charge on any atom is 0.0374 e. The van der Waals surface area contributed by atoms with E-state index in [1.54, 1.807) is 0 Å². The van der Waals surface area contributed by atoms with E-state index in [4.69, 9.17) is 0 Å². The molecule has 0 saturated heterocycles. The minimum atomic E-state index is 0.237. The lowest BCUT2D eigenvalue weighted by atomic mass is 9.86. The Labute approximate surface area is 128 Å². The van der Waals surface area contributed by atoms with Crippen LogP contribution in [0.4, 0.5) is 5.69 Å². The number of para-hydroxylation sites is 1. The van der Waals surface area contributed by atoms with Gasteiger partial charge in [0.15, 0.2) is 0 Å². The smallest absolute Gasteiger partial charge is 0.0374 e. The van der Waals surface area contributed by atoms with Gasteiger partial charge >= 0.3 is 0 Å². The number of hydrogen-bond donors (Lipinski definition) is 1. The summed E-state index contributed by atoms with van der Waals surface area (Å²) >= 11 is 0. The van der Waals surface area contributed by atoms with Crippen molar-refractivity contribution >= 4 is 5.69 Å². The van der Waals surface area contributed by atoms with Crippen LogP contribution in [0.15, 0.2) is 48.5 Å². The van der Waals surface area contributed by atoms with E-state index >= 15 is 0 Å². The first-order valence-electron chi connectivity index (χ1n) is 7.96. The van der Waals surface area contributed by atoms with Crippen LogP contribution in [0.2, 0.25) is 0 Å². The van der Waals surface area contributed by atoms with Crippen LogP contribution in [0.5, 0.6) is 0 Å². The van der Waals surface area contributed by atoms with Gasteiger partial charge in [-0.25, -0.2) is 0 Å². The van der Waals surface area contributed by atoms with E-state index in [1.165, 1.54) is 35.2 Å². The van der Waals surface area contributed by atoms with Crippen molar-refractivity contribution in [2.45, 2.75) is 51.5 Å². The Bertz CT molecular complexity index is 604. The summed E-state index contributed by atoms with van der Waals surface area (Å²) in [6.45, 7) is 6.80. The first-order valence-corrected chi connectivity index (χ1v) is 7.96. The Kier molecular flexibility index (Phi) is 3.75. The molecule has 1 N–H and O–H groups in total. The van der Waals surface area contributed by atoms with Crippen LogP contribution in [-0.4, -0.2) is 6.04 Å². The molecule has 0 aromatic heterocycles. The number of hydrogen-bond acceptors (Lipinski definition) is 1. The summed E-state index contributed by atoms with van der Waals surface area (Å²) in [6, 6.07) is 18.4. The zero-order valence-corrected chi connectivity index (χ0v) is 13.3. The Morgan fingerprint density at radius 3 is 2.43 bits per heavy atom. The van der Waals surface area contributed by atoms with Gasteiger partial charge in [0.1, 0.15) is 0 Å². The van der Waals surface area contributed by atoms with Gasteiger partial charge in [-0.3, -0.25) is 0 Å². The highest BCUT2D eigenvalue weighted by molar-refractivity contribution is 5.54. The van der Waals surface area contributed by atoms with Crippen molar-refractivity contribution in [1.29, 1.82) is 0 Å². The van der Waals surface area contributed by atoms with Crippen LogP contribution in [0, 0.1) is 0 Å². The van der Waals surface area contributed by atoms with Gasteiger partial charge in [0.05, 0.1) is 0 Å². The second kappa shape index (κ2) is 5.55. The Hall–Kier alpha value is -1.76. The highest BCUT2D eigenvalue weighted by atomic mass is 14.9. The second-order valence-electron chi connectivity index (χ2n) is 7.19. The number of nitrogens with one attached hydrogen (secondary N) is 1. The maximum absolute atomic E-state index is 3.69. The summed E-state index contributed by atoms with van der Waals surface area (Å²) in [5, 5.41) is 3.69. The van der Waals surface area contributed by atoms with Crippen molar-refractivity contribution in [3.05, 3.63) is 65.2 Å². The molecule has 1 aliphatic heterocycles. The van der Waals surface area contributed by atoms with E-state index in [-0.39, 0.29) is 5.41 Å². The van der Waals surface area contributed by atoms with E-state index in [0.29, 0.717) is 6.04 Å². The monoisotopic (exact) mass is 279 g/mol. The fourth-order valence-electron chi connectivity index (χ4n) is 3.08. The Morgan fingerprint density at radius 1 is 1.00 bits per heavy atom. The molecule has 1 atom stereocenters. The van der Waals surface area contributed by atoms with Gasteiger partial charge in [-0.15, -0.1) is 0 Å². The van der Waals surface area contributed by atoms with Crippen molar-refractivity contribution in [2.24, 2.45) is 0 Å². The molecule has 1 heteroatoms. The van der Waals surface area contributed by atoms with E-state index in [1.807, 2.05) is 0 Å². The number of rotatable bonds is 2. The molecule has 0 saturated carbocycles.